The Bertz CT molecular complexity index is 600. The van der Waals surface area contributed by atoms with E-state index in [1.165, 1.54) is 18.2 Å². The maximum atomic E-state index is 10.7. The smallest absolute Gasteiger partial charge is 0.545 e. The number of carboxylic acids is 1. The van der Waals surface area contributed by atoms with Crippen molar-refractivity contribution in [2.24, 2.45) is 10.2 Å². The standard InChI is InChI=1S/C13H10N2O3.Na/c16-12-7-6-10(8-11(12)13(17)18)15-14-9-4-2-1-3-5-9;/h1-8,16H,(H,17,18);/q;+1/p-1. The molecule has 90 valence electrons. The van der Waals surface area contributed by atoms with Gasteiger partial charge < -0.3 is 15.0 Å². The third kappa shape index (κ3) is 4.17. The zero-order valence-corrected chi connectivity index (χ0v) is 12.3. The van der Waals surface area contributed by atoms with Gasteiger partial charge in [0.05, 0.1) is 17.3 Å². The number of rotatable bonds is 3. The van der Waals surface area contributed by atoms with Gasteiger partial charge in [-0.15, -0.1) is 0 Å². The summed E-state index contributed by atoms with van der Waals surface area (Å²) in [4.78, 5) is 10.7. The molecule has 19 heavy (non-hydrogen) atoms. The summed E-state index contributed by atoms with van der Waals surface area (Å²) < 4.78 is 0. The van der Waals surface area contributed by atoms with Crippen LogP contribution >= 0.6 is 0 Å². The maximum Gasteiger partial charge on any atom is 1.00 e. The summed E-state index contributed by atoms with van der Waals surface area (Å²) in [6.45, 7) is 0. The fourth-order valence-corrected chi connectivity index (χ4v) is 1.36. The largest absolute Gasteiger partial charge is 1.00 e. The molecular formula is C13H9N2NaO3. The van der Waals surface area contributed by atoms with E-state index in [2.05, 4.69) is 10.2 Å². The van der Waals surface area contributed by atoms with E-state index in [1.807, 2.05) is 18.2 Å². The van der Waals surface area contributed by atoms with Crippen molar-refractivity contribution in [3.05, 3.63) is 54.1 Å². The third-order valence-corrected chi connectivity index (χ3v) is 2.24. The molecule has 0 saturated heterocycles. The van der Waals surface area contributed by atoms with Crippen LogP contribution in [0.2, 0.25) is 0 Å². The van der Waals surface area contributed by atoms with Crippen molar-refractivity contribution in [1.29, 1.82) is 0 Å². The summed E-state index contributed by atoms with van der Waals surface area (Å²) in [5, 5.41) is 27.8. The molecule has 5 nitrogen and oxygen atoms in total. The minimum absolute atomic E-state index is 0. The monoisotopic (exact) mass is 264 g/mol. The maximum absolute atomic E-state index is 10.7. The molecule has 0 amide bonds. The van der Waals surface area contributed by atoms with Crippen LogP contribution in [0.1, 0.15) is 10.4 Å². The summed E-state index contributed by atoms with van der Waals surface area (Å²) in [6, 6.07) is 12.9. The number of benzene rings is 2. The number of carbonyl (C=O) groups is 1. The summed E-state index contributed by atoms with van der Waals surface area (Å²) in [6.07, 6.45) is 0. The quantitative estimate of drug-likeness (QED) is 0.580. The molecule has 0 atom stereocenters. The second-order valence-corrected chi connectivity index (χ2v) is 3.52. The normalized spacial score (nSPS) is 10.1. The van der Waals surface area contributed by atoms with Crippen LogP contribution in [0.3, 0.4) is 0 Å². The number of hydrogen-bond donors (Lipinski definition) is 1. The summed E-state index contributed by atoms with van der Waals surface area (Å²) >= 11 is 0. The van der Waals surface area contributed by atoms with Gasteiger partial charge in [-0.3, -0.25) is 0 Å². The van der Waals surface area contributed by atoms with Crippen LogP contribution in [-0.2, 0) is 0 Å². The first-order valence-corrected chi connectivity index (χ1v) is 5.18. The van der Waals surface area contributed by atoms with Crippen molar-refractivity contribution in [3.8, 4) is 5.75 Å². The summed E-state index contributed by atoms with van der Waals surface area (Å²) in [5.74, 6) is -1.81. The Kier molecular flexibility index (Phi) is 5.69. The van der Waals surface area contributed by atoms with Crippen molar-refractivity contribution in [1.82, 2.24) is 0 Å². The van der Waals surface area contributed by atoms with E-state index in [9.17, 15) is 15.0 Å². The number of carboxylic acid groups (broad SMARTS) is 1. The van der Waals surface area contributed by atoms with Crippen LogP contribution in [-0.4, -0.2) is 11.1 Å². The van der Waals surface area contributed by atoms with Crippen molar-refractivity contribution in [2.45, 2.75) is 0 Å². The van der Waals surface area contributed by atoms with Crippen LogP contribution in [0.25, 0.3) is 0 Å². The van der Waals surface area contributed by atoms with Gasteiger partial charge in [0.1, 0.15) is 5.75 Å². The molecule has 2 rings (SSSR count). The number of phenols is 1. The Morgan fingerprint density at radius 3 is 2.26 bits per heavy atom. The number of aromatic hydroxyl groups is 1. The van der Waals surface area contributed by atoms with E-state index in [1.54, 1.807) is 12.1 Å². The first-order chi connectivity index (χ1) is 8.66. The SMILES string of the molecule is O=C([O-])c1cc(N=Nc2ccccc2)ccc1O.[Na+]. The molecule has 1 N–H and O–H groups in total. The second-order valence-electron chi connectivity index (χ2n) is 3.52. The number of azo groups is 1. The van der Waals surface area contributed by atoms with Gasteiger partial charge in [0.15, 0.2) is 0 Å². The van der Waals surface area contributed by atoms with Crippen LogP contribution < -0.4 is 34.7 Å². The van der Waals surface area contributed by atoms with E-state index >= 15 is 0 Å². The summed E-state index contributed by atoms with van der Waals surface area (Å²) in [5.41, 5.74) is 0.677. The van der Waals surface area contributed by atoms with Gasteiger partial charge >= 0.3 is 29.6 Å². The average molecular weight is 264 g/mol. The predicted octanol–water partition coefficient (Wildman–Crippen LogP) is -0.825. The first kappa shape index (κ1) is 15.4. The van der Waals surface area contributed by atoms with Gasteiger partial charge in [-0.1, -0.05) is 18.2 Å². The van der Waals surface area contributed by atoms with Crippen LogP contribution in [0.5, 0.6) is 5.75 Å². The molecular weight excluding hydrogens is 255 g/mol. The van der Waals surface area contributed by atoms with Gasteiger partial charge in [-0.2, -0.15) is 10.2 Å². The molecule has 6 heteroatoms. The number of nitrogens with zero attached hydrogens (tertiary/aromatic N) is 2. The van der Waals surface area contributed by atoms with E-state index in [4.69, 9.17) is 0 Å². The Balaban J connectivity index is 0.00000180. The molecule has 0 aliphatic carbocycles. The molecule has 2 aromatic rings. The minimum atomic E-state index is -1.45. The van der Waals surface area contributed by atoms with Crippen molar-refractivity contribution in [3.63, 3.8) is 0 Å². The van der Waals surface area contributed by atoms with Gasteiger partial charge in [0.2, 0.25) is 0 Å². The van der Waals surface area contributed by atoms with E-state index in [-0.39, 0.29) is 40.9 Å². The predicted molar refractivity (Wildman–Crippen MR) is 63.1 cm³/mol. The van der Waals surface area contributed by atoms with Crippen molar-refractivity contribution < 1.29 is 44.6 Å². The van der Waals surface area contributed by atoms with E-state index < -0.39 is 5.97 Å². The number of hydrogen-bond acceptors (Lipinski definition) is 5. The van der Waals surface area contributed by atoms with Crippen LogP contribution in [0, 0.1) is 0 Å². The number of carbonyl (C=O) groups excluding carboxylic acids is 1. The molecule has 2 aromatic carbocycles. The second kappa shape index (κ2) is 7.04. The van der Waals surface area contributed by atoms with Gasteiger partial charge in [-0.05, 0) is 30.3 Å². The van der Waals surface area contributed by atoms with Crippen molar-refractivity contribution in [2.75, 3.05) is 0 Å². The average Bonchev–Trinajstić information content (AvgIpc) is 2.38. The van der Waals surface area contributed by atoms with Gasteiger partial charge in [0, 0.05) is 5.56 Å². The molecule has 0 fully saturated rings. The van der Waals surface area contributed by atoms with Gasteiger partial charge in [0.25, 0.3) is 0 Å². The minimum Gasteiger partial charge on any atom is -0.545 e. The zero-order valence-electron chi connectivity index (χ0n) is 10.3. The molecule has 0 saturated carbocycles. The molecule has 0 unspecified atom stereocenters. The summed E-state index contributed by atoms with van der Waals surface area (Å²) in [7, 11) is 0. The molecule has 0 heterocycles. The van der Waals surface area contributed by atoms with E-state index in [0.717, 1.165) is 0 Å². The molecule has 0 aromatic heterocycles. The Morgan fingerprint density at radius 2 is 1.63 bits per heavy atom. The van der Waals surface area contributed by atoms with Crippen molar-refractivity contribution >= 4 is 17.3 Å². The van der Waals surface area contributed by atoms with Crippen LogP contribution in [0.4, 0.5) is 11.4 Å². The molecule has 0 spiro atoms. The van der Waals surface area contributed by atoms with Gasteiger partial charge in [-0.25, -0.2) is 0 Å². The first-order valence-electron chi connectivity index (χ1n) is 5.18. The fraction of sp³-hybridized carbons (Fsp3) is 0. The zero-order chi connectivity index (χ0) is 13.0. The topological polar surface area (TPSA) is 85.1 Å². The molecule has 0 radical (unpaired) electrons. The Morgan fingerprint density at radius 1 is 1.00 bits per heavy atom. The Labute approximate surface area is 131 Å². The fourth-order valence-electron chi connectivity index (χ4n) is 1.36. The number of aromatic carboxylic acids is 1. The third-order valence-electron chi connectivity index (χ3n) is 2.24. The molecule has 0 bridgehead atoms. The Hall–Kier alpha value is -1.69. The molecule has 0 aliphatic heterocycles. The van der Waals surface area contributed by atoms with Crippen LogP contribution in [0.15, 0.2) is 58.8 Å². The molecule has 0 aliphatic rings. The van der Waals surface area contributed by atoms with E-state index in [0.29, 0.717) is 11.4 Å².